The lowest BCUT2D eigenvalue weighted by Crippen LogP contribution is -2.31. The van der Waals surface area contributed by atoms with Gasteiger partial charge in [0.25, 0.3) is 0 Å². The van der Waals surface area contributed by atoms with Crippen LogP contribution < -0.4 is 5.32 Å². The van der Waals surface area contributed by atoms with Crippen LogP contribution in [0.5, 0.6) is 0 Å². The van der Waals surface area contributed by atoms with Crippen molar-refractivity contribution in [1.82, 2.24) is 9.97 Å². The van der Waals surface area contributed by atoms with Crippen LogP contribution in [0.2, 0.25) is 0 Å². The molecule has 0 radical (unpaired) electrons. The number of nitrogens with zero attached hydrogens (tertiary/aromatic N) is 2. The van der Waals surface area contributed by atoms with Crippen molar-refractivity contribution < 1.29 is 0 Å². The van der Waals surface area contributed by atoms with E-state index in [2.05, 4.69) is 60.8 Å². The molecule has 0 aromatic carbocycles. The lowest BCUT2D eigenvalue weighted by Gasteiger charge is -2.33. The number of nitrogens with one attached hydrogen (secondary N) is 1. The quantitative estimate of drug-likeness (QED) is 0.788. The number of hydrogen-bond donors (Lipinski definition) is 1. The number of aromatic nitrogens is 2. The van der Waals surface area contributed by atoms with Crippen molar-refractivity contribution in [2.75, 3.05) is 5.32 Å². The molecule has 0 amide bonds. The summed E-state index contributed by atoms with van der Waals surface area (Å²) in [6, 6.07) is 2.52. The Labute approximate surface area is 131 Å². The first-order chi connectivity index (χ1) is 9.25. The van der Waals surface area contributed by atoms with Crippen LogP contribution in [0.4, 0.5) is 5.82 Å². The van der Waals surface area contributed by atoms with E-state index in [4.69, 9.17) is 4.98 Å². The summed E-state index contributed by atoms with van der Waals surface area (Å²) in [5.41, 5.74) is -0.0332. The fourth-order valence-electron chi connectivity index (χ4n) is 2.71. The lowest BCUT2D eigenvalue weighted by atomic mass is 9.79. The van der Waals surface area contributed by atoms with Crippen LogP contribution in [0.15, 0.2) is 10.7 Å². The third-order valence-electron chi connectivity index (χ3n) is 4.32. The molecule has 1 aliphatic rings. The zero-order valence-electron chi connectivity index (χ0n) is 13.2. The molecule has 3 atom stereocenters. The van der Waals surface area contributed by atoms with Crippen LogP contribution in [-0.2, 0) is 5.41 Å². The molecular formula is C16H26BrN3. The smallest absolute Gasteiger partial charge is 0.137 e. The predicted molar refractivity (Wildman–Crippen MR) is 88.0 cm³/mol. The van der Waals surface area contributed by atoms with Crippen LogP contribution in [0.25, 0.3) is 0 Å². The fourth-order valence-corrected chi connectivity index (χ4v) is 3.10. The van der Waals surface area contributed by atoms with Gasteiger partial charge in [-0.3, -0.25) is 0 Å². The van der Waals surface area contributed by atoms with Crippen molar-refractivity contribution in [1.29, 1.82) is 0 Å². The highest BCUT2D eigenvalue weighted by atomic mass is 79.9. The van der Waals surface area contributed by atoms with Gasteiger partial charge in [-0.05, 0) is 47.0 Å². The first kappa shape index (κ1) is 15.7. The van der Waals surface area contributed by atoms with Crippen molar-refractivity contribution in [3.05, 3.63) is 16.5 Å². The molecule has 1 heterocycles. The molecule has 0 spiro atoms. The second-order valence-electron chi connectivity index (χ2n) is 7.26. The maximum Gasteiger partial charge on any atom is 0.137 e. The van der Waals surface area contributed by atoms with Gasteiger partial charge >= 0.3 is 0 Å². The molecular weight excluding hydrogens is 314 g/mol. The molecule has 3 nitrogen and oxygen atoms in total. The second kappa shape index (κ2) is 6.00. The first-order valence-corrected chi connectivity index (χ1v) is 8.36. The average molecular weight is 340 g/mol. The van der Waals surface area contributed by atoms with E-state index in [1.54, 1.807) is 0 Å². The summed E-state index contributed by atoms with van der Waals surface area (Å²) in [6.07, 6.45) is 3.77. The fraction of sp³-hybridized carbons (Fsp3) is 0.750. The molecule has 2 rings (SSSR count). The zero-order chi connectivity index (χ0) is 14.9. The lowest BCUT2D eigenvalue weighted by molar-refractivity contribution is 0.260. The Morgan fingerprint density at radius 2 is 1.85 bits per heavy atom. The minimum atomic E-state index is -0.0332. The molecule has 0 saturated heterocycles. The number of halogens is 1. The van der Waals surface area contributed by atoms with Crippen LogP contribution in [-0.4, -0.2) is 16.0 Å². The summed E-state index contributed by atoms with van der Waals surface area (Å²) in [6.45, 7) is 11.1. The predicted octanol–water partition coefficient (Wildman–Crippen LogP) is 4.77. The van der Waals surface area contributed by atoms with Gasteiger partial charge in [-0.25, -0.2) is 9.97 Å². The monoisotopic (exact) mass is 339 g/mol. The minimum absolute atomic E-state index is 0.0332. The molecule has 4 heteroatoms. The largest absolute Gasteiger partial charge is 0.367 e. The van der Waals surface area contributed by atoms with Gasteiger partial charge in [-0.1, -0.05) is 34.6 Å². The maximum absolute atomic E-state index is 4.69. The van der Waals surface area contributed by atoms with E-state index < -0.39 is 0 Å². The Morgan fingerprint density at radius 1 is 1.15 bits per heavy atom. The third kappa shape index (κ3) is 3.94. The standard InChI is InChI=1S/C16H26BrN3/c1-10-6-7-12(8-11(10)2)18-14-9-13(17)19-15(20-14)16(3,4)5/h9-12H,6-8H2,1-5H3,(H,18,19,20). The van der Waals surface area contributed by atoms with E-state index in [9.17, 15) is 0 Å². The molecule has 20 heavy (non-hydrogen) atoms. The topological polar surface area (TPSA) is 37.8 Å². The molecule has 1 aromatic heterocycles. The molecule has 1 saturated carbocycles. The van der Waals surface area contributed by atoms with Gasteiger partial charge in [0.15, 0.2) is 0 Å². The van der Waals surface area contributed by atoms with E-state index in [1.165, 1.54) is 19.3 Å². The van der Waals surface area contributed by atoms with Gasteiger partial charge in [0.1, 0.15) is 16.2 Å². The zero-order valence-corrected chi connectivity index (χ0v) is 14.8. The van der Waals surface area contributed by atoms with Crippen molar-refractivity contribution in [2.45, 2.75) is 65.3 Å². The van der Waals surface area contributed by atoms with Gasteiger partial charge < -0.3 is 5.32 Å². The van der Waals surface area contributed by atoms with E-state index in [0.717, 1.165) is 28.1 Å². The van der Waals surface area contributed by atoms with Gasteiger partial charge in [-0.2, -0.15) is 0 Å². The Balaban J connectivity index is 2.12. The molecule has 1 fully saturated rings. The molecule has 0 bridgehead atoms. The van der Waals surface area contributed by atoms with Crippen LogP contribution >= 0.6 is 15.9 Å². The summed E-state index contributed by atoms with van der Waals surface area (Å²) >= 11 is 3.50. The van der Waals surface area contributed by atoms with E-state index in [0.29, 0.717) is 6.04 Å². The Morgan fingerprint density at radius 3 is 2.45 bits per heavy atom. The van der Waals surface area contributed by atoms with E-state index >= 15 is 0 Å². The van der Waals surface area contributed by atoms with Gasteiger partial charge in [0.2, 0.25) is 0 Å². The number of anilines is 1. The maximum atomic E-state index is 4.69. The summed E-state index contributed by atoms with van der Waals surface area (Å²) in [5, 5.41) is 3.60. The van der Waals surface area contributed by atoms with Crippen LogP contribution in [0.1, 0.15) is 59.7 Å². The summed E-state index contributed by atoms with van der Waals surface area (Å²) in [7, 11) is 0. The normalized spacial score (nSPS) is 27.4. The SMILES string of the molecule is CC1CCC(Nc2cc(Br)nc(C(C)(C)C)n2)CC1C. The molecule has 3 unspecified atom stereocenters. The molecule has 1 aromatic rings. The molecule has 0 aliphatic heterocycles. The van der Waals surface area contributed by atoms with E-state index in [1.807, 2.05) is 6.07 Å². The number of hydrogen-bond acceptors (Lipinski definition) is 3. The van der Waals surface area contributed by atoms with E-state index in [-0.39, 0.29) is 5.41 Å². The van der Waals surface area contributed by atoms with Crippen molar-refractivity contribution in [3.63, 3.8) is 0 Å². The van der Waals surface area contributed by atoms with Gasteiger partial charge in [-0.15, -0.1) is 0 Å². The first-order valence-electron chi connectivity index (χ1n) is 7.57. The Hall–Kier alpha value is -0.640. The van der Waals surface area contributed by atoms with Gasteiger partial charge in [0, 0.05) is 17.5 Å². The molecule has 1 aliphatic carbocycles. The Bertz CT molecular complexity index is 467. The minimum Gasteiger partial charge on any atom is -0.367 e. The van der Waals surface area contributed by atoms with Crippen molar-refractivity contribution >= 4 is 21.7 Å². The number of rotatable bonds is 2. The summed E-state index contributed by atoms with van der Waals surface area (Å²) in [4.78, 5) is 9.18. The highest BCUT2D eigenvalue weighted by Gasteiger charge is 2.25. The Kier molecular flexibility index (Phi) is 4.73. The van der Waals surface area contributed by atoms with Crippen LogP contribution in [0.3, 0.4) is 0 Å². The summed E-state index contributed by atoms with van der Waals surface area (Å²) in [5.74, 6) is 3.46. The second-order valence-corrected chi connectivity index (χ2v) is 8.07. The van der Waals surface area contributed by atoms with Crippen molar-refractivity contribution in [2.24, 2.45) is 11.8 Å². The average Bonchev–Trinajstić information content (AvgIpc) is 2.32. The third-order valence-corrected chi connectivity index (χ3v) is 4.72. The highest BCUT2D eigenvalue weighted by molar-refractivity contribution is 9.10. The van der Waals surface area contributed by atoms with Crippen molar-refractivity contribution in [3.8, 4) is 0 Å². The van der Waals surface area contributed by atoms with Gasteiger partial charge in [0.05, 0.1) is 0 Å². The summed E-state index contributed by atoms with van der Waals surface area (Å²) < 4.78 is 0.858. The molecule has 1 N–H and O–H groups in total. The van der Waals surface area contributed by atoms with Crippen LogP contribution in [0, 0.1) is 11.8 Å². The molecule has 112 valence electrons. The highest BCUT2D eigenvalue weighted by Crippen LogP contribution is 2.31.